The van der Waals surface area contributed by atoms with Crippen molar-refractivity contribution in [3.05, 3.63) is 182 Å². The number of rotatable bonds is 6. The first kappa shape index (κ1) is 30.0. The van der Waals surface area contributed by atoms with Crippen molar-refractivity contribution in [3.63, 3.8) is 0 Å². The molecular formula is C44H33O3P. The molecule has 0 bridgehead atoms. The van der Waals surface area contributed by atoms with Crippen LogP contribution in [0.5, 0.6) is 0 Å². The average molecular weight is 641 g/mol. The fourth-order valence-corrected chi connectivity index (χ4v) is 8.78. The van der Waals surface area contributed by atoms with Crippen LogP contribution in [0.3, 0.4) is 0 Å². The van der Waals surface area contributed by atoms with Gasteiger partial charge in [0.05, 0.1) is 0 Å². The van der Waals surface area contributed by atoms with Gasteiger partial charge >= 0.3 is 281 Å². The molecule has 8 rings (SSSR count). The summed E-state index contributed by atoms with van der Waals surface area (Å²) in [5, 5.41) is 4.02. The minimum atomic E-state index is -5.63. The van der Waals surface area contributed by atoms with Crippen LogP contribution in [-0.2, 0) is 0 Å². The maximum absolute atomic E-state index is 12.1. The Hall–Kier alpha value is -5.41. The SMILES string of the molecule is OP(O)(O)(c1ccc2ccccc2c1)c1ccccc1-c1cc2c(-c3ccccc3)cc(-c3ccccc3)cc2cc1-c1ccccc1. The molecule has 0 unspecified atom stereocenters. The van der Waals surface area contributed by atoms with Gasteiger partial charge in [0, 0.05) is 0 Å². The van der Waals surface area contributed by atoms with Crippen molar-refractivity contribution in [3.8, 4) is 44.5 Å². The normalized spacial score (nSPS) is 12.5. The van der Waals surface area contributed by atoms with E-state index in [-0.39, 0.29) is 10.6 Å². The van der Waals surface area contributed by atoms with Gasteiger partial charge in [-0.15, -0.1) is 0 Å². The molecule has 8 aromatic carbocycles. The van der Waals surface area contributed by atoms with Crippen LogP contribution in [0.2, 0.25) is 0 Å². The van der Waals surface area contributed by atoms with Gasteiger partial charge in [0.1, 0.15) is 0 Å². The fourth-order valence-electron chi connectivity index (χ4n) is 6.78. The molecule has 0 aliphatic carbocycles. The maximum atomic E-state index is 12.1. The van der Waals surface area contributed by atoms with Gasteiger partial charge in [-0.2, -0.15) is 0 Å². The van der Waals surface area contributed by atoms with Crippen LogP contribution in [0.1, 0.15) is 0 Å². The van der Waals surface area contributed by atoms with Gasteiger partial charge in [0.15, 0.2) is 0 Å². The van der Waals surface area contributed by atoms with Gasteiger partial charge < -0.3 is 0 Å². The van der Waals surface area contributed by atoms with Crippen molar-refractivity contribution in [2.75, 3.05) is 0 Å². The van der Waals surface area contributed by atoms with E-state index in [2.05, 4.69) is 72.8 Å². The molecule has 0 spiro atoms. The van der Waals surface area contributed by atoms with Crippen molar-refractivity contribution in [1.82, 2.24) is 0 Å². The Balaban J connectivity index is 1.43. The summed E-state index contributed by atoms with van der Waals surface area (Å²) in [5.74, 6) is 0. The molecule has 0 aliphatic rings. The monoisotopic (exact) mass is 640 g/mol. The van der Waals surface area contributed by atoms with Crippen LogP contribution < -0.4 is 10.6 Å². The Kier molecular flexibility index (Phi) is 7.29. The number of fused-ring (bicyclic) bond motifs is 2. The molecule has 0 fully saturated rings. The number of hydrogen-bond acceptors (Lipinski definition) is 3. The molecule has 48 heavy (non-hydrogen) atoms. The first-order valence-corrected chi connectivity index (χ1v) is 18.1. The Labute approximate surface area is 279 Å². The van der Waals surface area contributed by atoms with E-state index in [1.165, 1.54) is 0 Å². The summed E-state index contributed by atoms with van der Waals surface area (Å²) < 4.78 is 0. The molecule has 4 heteroatoms. The number of benzene rings is 8. The zero-order chi connectivity index (χ0) is 32.7. The zero-order valence-corrected chi connectivity index (χ0v) is 27.0. The standard InChI is InChI=1S/C44H33O3P/c45-48(46,47,38-25-24-32-16-10-11-21-35(32)27-38)44-23-13-12-22-39(44)43-30-42-37(29-41(43)34-19-8-3-9-20-34)26-36(31-14-4-1-5-15-31)28-40(42)33-17-6-2-7-18-33/h1-30,45-47H. The van der Waals surface area contributed by atoms with Crippen LogP contribution >= 0.6 is 7.28 Å². The summed E-state index contributed by atoms with van der Waals surface area (Å²) in [6, 6.07) is 59.5. The van der Waals surface area contributed by atoms with Gasteiger partial charge in [-0.05, 0) is 0 Å². The molecule has 3 nitrogen and oxygen atoms in total. The molecule has 8 aromatic rings. The molecule has 0 saturated heterocycles. The van der Waals surface area contributed by atoms with E-state index in [9.17, 15) is 14.7 Å². The van der Waals surface area contributed by atoms with Crippen LogP contribution in [0.15, 0.2) is 182 Å². The topological polar surface area (TPSA) is 60.7 Å². The summed E-state index contributed by atoms with van der Waals surface area (Å²) in [5.41, 5.74) is 7.63. The first-order chi connectivity index (χ1) is 23.3. The molecule has 0 radical (unpaired) electrons. The van der Waals surface area contributed by atoms with E-state index >= 15 is 0 Å². The van der Waals surface area contributed by atoms with Gasteiger partial charge in [-0.1, -0.05) is 0 Å². The van der Waals surface area contributed by atoms with Gasteiger partial charge in [0.2, 0.25) is 0 Å². The molecule has 0 aromatic heterocycles. The van der Waals surface area contributed by atoms with Crippen LogP contribution in [0.25, 0.3) is 66.1 Å². The second-order valence-electron chi connectivity index (χ2n) is 12.3. The van der Waals surface area contributed by atoms with Crippen LogP contribution in [0.4, 0.5) is 0 Å². The molecule has 232 valence electrons. The third-order valence-corrected chi connectivity index (χ3v) is 11.7. The zero-order valence-electron chi connectivity index (χ0n) is 26.1. The van der Waals surface area contributed by atoms with Crippen LogP contribution in [0, 0.1) is 0 Å². The Morgan fingerprint density at radius 2 is 0.875 bits per heavy atom. The minimum absolute atomic E-state index is 0.0895. The molecule has 0 aliphatic heterocycles. The predicted octanol–water partition coefficient (Wildman–Crippen LogP) is 9.89. The average Bonchev–Trinajstić information content (AvgIpc) is 3.14. The van der Waals surface area contributed by atoms with E-state index in [0.29, 0.717) is 5.56 Å². The van der Waals surface area contributed by atoms with Crippen molar-refractivity contribution in [2.45, 2.75) is 0 Å². The Bertz CT molecular complexity index is 2430. The van der Waals surface area contributed by atoms with E-state index in [4.69, 9.17) is 0 Å². The quantitative estimate of drug-likeness (QED) is 0.159. The summed E-state index contributed by atoms with van der Waals surface area (Å²) in [6.07, 6.45) is 0. The molecule has 0 amide bonds. The number of hydrogen-bond donors (Lipinski definition) is 3. The van der Waals surface area contributed by atoms with E-state index in [1.807, 2.05) is 84.9 Å². The third-order valence-electron chi connectivity index (χ3n) is 9.21. The first-order valence-electron chi connectivity index (χ1n) is 16.0. The Morgan fingerprint density at radius 3 is 1.56 bits per heavy atom. The Morgan fingerprint density at radius 1 is 0.312 bits per heavy atom. The molecule has 3 N–H and O–H groups in total. The van der Waals surface area contributed by atoms with Gasteiger partial charge in [-0.3, -0.25) is 0 Å². The molecular weight excluding hydrogens is 607 g/mol. The van der Waals surface area contributed by atoms with E-state index in [0.717, 1.165) is 60.5 Å². The third kappa shape index (κ3) is 5.30. The van der Waals surface area contributed by atoms with Gasteiger partial charge in [0.25, 0.3) is 0 Å². The fraction of sp³-hybridized carbons (Fsp3) is 0. The van der Waals surface area contributed by atoms with Crippen LogP contribution in [-0.4, -0.2) is 14.7 Å². The summed E-state index contributed by atoms with van der Waals surface area (Å²) in [4.78, 5) is 36.4. The second-order valence-corrected chi connectivity index (χ2v) is 15.2. The van der Waals surface area contributed by atoms with Crippen molar-refractivity contribution in [1.29, 1.82) is 0 Å². The summed E-state index contributed by atoms with van der Waals surface area (Å²) in [6.45, 7) is 0. The van der Waals surface area contributed by atoms with Gasteiger partial charge in [-0.25, -0.2) is 0 Å². The van der Waals surface area contributed by atoms with E-state index < -0.39 is 7.28 Å². The van der Waals surface area contributed by atoms with E-state index in [1.54, 1.807) is 24.3 Å². The second kappa shape index (κ2) is 11.7. The summed E-state index contributed by atoms with van der Waals surface area (Å²) >= 11 is 0. The summed E-state index contributed by atoms with van der Waals surface area (Å²) in [7, 11) is -5.63. The molecule has 0 atom stereocenters. The van der Waals surface area contributed by atoms with Crippen molar-refractivity contribution < 1.29 is 14.7 Å². The van der Waals surface area contributed by atoms with Crippen molar-refractivity contribution >= 4 is 39.4 Å². The molecule has 0 heterocycles. The van der Waals surface area contributed by atoms with Crippen molar-refractivity contribution in [2.24, 2.45) is 0 Å². The predicted molar refractivity (Wildman–Crippen MR) is 202 cm³/mol. The molecule has 0 saturated carbocycles.